The maximum atomic E-state index is 13.3. The number of nitrogens with two attached hydrogens (primary N) is 1. The molecular weight excluding hydrogens is 255 g/mol. The van der Waals surface area contributed by atoms with Gasteiger partial charge in [-0.25, -0.2) is 13.2 Å². The summed E-state index contributed by atoms with van der Waals surface area (Å²) in [6, 6.07) is 8.37. The number of amidine groups is 1. The maximum absolute atomic E-state index is 13.3. The number of anilines is 1. The van der Waals surface area contributed by atoms with Crippen LogP contribution in [0.25, 0.3) is 0 Å². The van der Waals surface area contributed by atoms with Gasteiger partial charge in [0, 0.05) is 11.6 Å². The molecule has 2 aromatic carbocycles. The molecule has 0 heterocycles. The quantitative estimate of drug-likeness (QED) is 0.509. The van der Waals surface area contributed by atoms with Crippen molar-refractivity contribution in [3.63, 3.8) is 0 Å². The normalized spacial score (nSPS) is 11.4. The van der Waals surface area contributed by atoms with E-state index in [0.29, 0.717) is 5.56 Å². The summed E-state index contributed by atoms with van der Waals surface area (Å²) in [4.78, 5) is 0. The highest BCUT2D eigenvalue weighted by Gasteiger charge is 2.03. The predicted octanol–water partition coefficient (Wildman–Crippen LogP) is 2.84. The first kappa shape index (κ1) is 12.9. The van der Waals surface area contributed by atoms with Crippen molar-refractivity contribution in [3.05, 3.63) is 65.5 Å². The van der Waals surface area contributed by atoms with Crippen molar-refractivity contribution in [3.8, 4) is 0 Å². The van der Waals surface area contributed by atoms with Gasteiger partial charge in [0.2, 0.25) is 0 Å². The third kappa shape index (κ3) is 3.25. The molecule has 0 saturated heterocycles. The molecule has 0 aliphatic rings. The largest absolute Gasteiger partial charge is 0.382 e. The van der Waals surface area contributed by atoms with E-state index in [2.05, 4.69) is 10.5 Å². The van der Waals surface area contributed by atoms with E-state index in [9.17, 15) is 13.2 Å². The first-order chi connectivity index (χ1) is 9.06. The Morgan fingerprint density at radius 1 is 0.947 bits per heavy atom. The van der Waals surface area contributed by atoms with E-state index in [1.54, 1.807) is 0 Å². The van der Waals surface area contributed by atoms with Gasteiger partial charge in [-0.2, -0.15) is 5.10 Å². The van der Waals surface area contributed by atoms with Crippen LogP contribution >= 0.6 is 0 Å². The number of hydrazone groups is 1. The molecule has 0 aliphatic heterocycles. The molecule has 0 fully saturated rings. The summed E-state index contributed by atoms with van der Waals surface area (Å²) in [6.45, 7) is 0. The van der Waals surface area contributed by atoms with Gasteiger partial charge in [-0.15, -0.1) is 0 Å². The lowest BCUT2D eigenvalue weighted by molar-refractivity contribution is 0.585. The molecule has 19 heavy (non-hydrogen) atoms. The second kappa shape index (κ2) is 5.43. The summed E-state index contributed by atoms with van der Waals surface area (Å²) in [5.41, 5.74) is 8.50. The molecular formula is C13H10F3N3. The number of benzene rings is 2. The van der Waals surface area contributed by atoms with Gasteiger partial charge < -0.3 is 5.73 Å². The summed E-state index contributed by atoms with van der Waals surface area (Å²) >= 11 is 0. The Labute approximate surface area is 107 Å². The highest BCUT2D eigenvalue weighted by atomic mass is 19.1. The monoisotopic (exact) mass is 265 g/mol. The fraction of sp³-hybridized carbons (Fsp3) is 0. The van der Waals surface area contributed by atoms with Crippen molar-refractivity contribution in [1.29, 1.82) is 0 Å². The Balaban J connectivity index is 2.15. The topological polar surface area (TPSA) is 50.4 Å². The average molecular weight is 265 g/mol. The van der Waals surface area contributed by atoms with Gasteiger partial charge in [0.15, 0.2) is 11.7 Å². The average Bonchev–Trinajstić information content (AvgIpc) is 2.38. The third-order valence-electron chi connectivity index (χ3n) is 2.37. The number of rotatable bonds is 3. The summed E-state index contributed by atoms with van der Waals surface area (Å²) in [5, 5.41) is 3.74. The van der Waals surface area contributed by atoms with Crippen LogP contribution in [0.5, 0.6) is 0 Å². The van der Waals surface area contributed by atoms with Gasteiger partial charge >= 0.3 is 0 Å². The zero-order valence-corrected chi connectivity index (χ0v) is 9.70. The second-order valence-corrected chi connectivity index (χ2v) is 3.74. The van der Waals surface area contributed by atoms with Crippen LogP contribution in [0.15, 0.2) is 47.6 Å². The number of nitrogens with zero attached hydrogens (tertiary/aromatic N) is 1. The van der Waals surface area contributed by atoms with Crippen LogP contribution in [0.3, 0.4) is 0 Å². The Morgan fingerprint density at radius 3 is 2.21 bits per heavy atom. The molecule has 3 nitrogen and oxygen atoms in total. The molecule has 0 amide bonds. The lowest BCUT2D eigenvalue weighted by atomic mass is 10.2. The molecule has 2 rings (SSSR count). The van der Waals surface area contributed by atoms with Gasteiger partial charge in [-0.3, -0.25) is 5.43 Å². The molecule has 0 spiro atoms. The molecule has 0 radical (unpaired) electrons. The molecule has 6 heteroatoms. The fourth-order valence-corrected chi connectivity index (χ4v) is 1.39. The highest BCUT2D eigenvalue weighted by molar-refractivity contribution is 5.97. The van der Waals surface area contributed by atoms with E-state index >= 15 is 0 Å². The molecule has 0 unspecified atom stereocenters. The molecule has 98 valence electrons. The van der Waals surface area contributed by atoms with Crippen molar-refractivity contribution in [2.45, 2.75) is 0 Å². The molecule has 3 N–H and O–H groups in total. The number of nitrogens with one attached hydrogen (secondary N) is 1. The number of hydrogen-bond acceptors (Lipinski definition) is 2. The zero-order valence-electron chi connectivity index (χ0n) is 9.70. The zero-order chi connectivity index (χ0) is 13.8. The Morgan fingerprint density at radius 2 is 1.58 bits per heavy atom. The van der Waals surface area contributed by atoms with Gasteiger partial charge in [0.1, 0.15) is 11.6 Å². The van der Waals surface area contributed by atoms with Crippen molar-refractivity contribution < 1.29 is 13.2 Å². The SMILES string of the molecule is N/C(=N\Nc1ccc(F)cc1F)c1ccc(F)cc1. The minimum atomic E-state index is -0.782. The van der Waals surface area contributed by atoms with Crippen molar-refractivity contribution in [2.75, 3.05) is 5.43 Å². The Hall–Kier alpha value is -2.50. The second-order valence-electron chi connectivity index (χ2n) is 3.74. The molecule has 0 aromatic heterocycles. The van der Waals surface area contributed by atoms with Crippen LogP contribution in [-0.4, -0.2) is 5.84 Å². The van der Waals surface area contributed by atoms with Gasteiger partial charge in [0.05, 0.1) is 5.69 Å². The van der Waals surface area contributed by atoms with Crippen LogP contribution in [0, 0.1) is 17.5 Å². The first-order valence-corrected chi connectivity index (χ1v) is 5.36. The minimum absolute atomic E-state index is 0.00791. The lowest BCUT2D eigenvalue weighted by Crippen LogP contribution is -2.15. The Kier molecular flexibility index (Phi) is 3.70. The lowest BCUT2D eigenvalue weighted by Gasteiger charge is -2.04. The van der Waals surface area contributed by atoms with Gasteiger partial charge in [-0.05, 0) is 36.4 Å². The van der Waals surface area contributed by atoms with E-state index in [1.165, 1.54) is 30.3 Å². The molecule has 0 bridgehead atoms. The van der Waals surface area contributed by atoms with E-state index < -0.39 is 17.5 Å². The standard InChI is InChI=1S/C13H10F3N3/c14-9-3-1-8(2-4-9)13(17)19-18-12-6-5-10(15)7-11(12)16/h1-7,18H,(H2,17,19). The summed E-state index contributed by atoms with van der Waals surface area (Å²) in [5.74, 6) is -1.80. The molecule has 0 atom stereocenters. The molecule has 0 saturated carbocycles. The smallest absolute Gasteiger partial charge is 0.151 e. The van der Waals surface area contributed by atoms with Crippen molar-refractivity contribution in [2.24, 2.45) is 10.8 Å². The van der Waals surface area contributed by atoms with Gasteiger partial charge in [-0.1, -0.05) is 0 Å². The van der Waals surface area contributed by atoms with E-state index in [-0.39, 0.29) is 11.5 Å². The Bertz CT molecular complexity index is 609. The van der Waals surface area contributed by atoms with E-state index in [4.69, 9.17) is 5.73 Å². The highest BCUT2D eigenvalue weighted by Crippen LogP contribution is 2.14. The van der Waals surface area contributed by atoms with Crippen molar-refractivity contribution in [1.82, 2.24) is 0 Å². The fourth-order valence-electron chi connectivity index (χ4n) is 1.39. The number of halogens is 3. The summed E-state index contributed by atoms with van der Waals surface area (Å²) in [6.07, 6.45) is 0. The number of hydrogen-bond donors (Lipinski definition) is 2. The van der Waals surface area contributed by atoms with E-state index in [0.717, 1.165) is 12.1 Å². The first-order valence-electron chi connectivity index (χ1n) is 5.36. The summed E-state index contributed by atoms with van der Waals surface area (Å²) < 4.78 is 38.7. The minimum Gasteiger partial charge on any atom is -0.382 e. The van der Waals surface area contributed by atoms with Crippen LogP contribution in [0.1, 0.15) is 5.56 Å². The molecule has 2 aromatic rings. The maximum Gasteiger partial charge on any atom is 0.151 e. The van der Waals surface area contributed by atoms with Crippen LogP contribution in [-0.2, 0) is 0 Å². The molecule has 0 aliphatic carbocycles. The van der Waals surface area contributed by atoms with Crippen LogP contribution in [0.2, 0.25) is 0 Å². The van der Waals surface area contributed by atoms with Crippen LogP contribution in [0.4, 0.5) is 18.9 Å². The van der Waals surface area contributed by atoms with Crippen LogP contribution < -0.4 is 11.2 Å². The van der Waals surface area contributed by atoms with Gasteiger partial charge in [0.25, 0.3) is 0 Å². The van der Waals surface area contributed by atoms with E-state index in [1.807, 2.05) is 0 Å². The predicted molar refractivity (Wildman–Crippen MR) is 67.1 cm³/mol. The third-order valence-corrected chi connectivity index (χ3v) is 2.37. The van der Waals surface area contributed by atoms with Crippen molar-refractivity contribution >= 4 is 11.5 Å². The summed E-state index contributed by atoms with van der Waals surface area (Å²) in [7, 11) is 0.